The number of carbonyl (C=O) groups excluding carboxylic acids is 1. The van der Waals surface area contributed by atoms with Gasteiger partial charge in [-0.25, -0.2) is 4.39 Å². The molecule has 1 aliphatic heterocycles. The molecule has 1 unspecified atom stereocenters. The number of carbonyl (C=O) groups is 2. The summed E-state index contributed by atoms with van der Waals surface area (Å²) in [5.41, 5.74) is 0.952. The maximum atomic E-state index is 13.4. The van der Waals surface area contributed by atoms with Crippen molar-refractivity contribution in [1.82, 2.24) is 5.32 Å². The second-order valence-electron chi connectivity index (χ2n) is 6.30. The van der Waals surface area contributed by atoms with E-state index in [1.165, 1.54) is 18.2 Å². The summed E-state index contributed by atoms with van der Waals surface area (Å²) in [6, 6.07) is 4.04. The van der Waals surface area contributed by atoms with Gasteiger partial charge in [-0.3, -0.25) is 9.59 Å². The fourth-order valence-electron chi connectivity index (χ4n) is 3.27. The van der Waals surface area contributed by atoms with Crippen molar-refractivity contribution in [2.75, 3.05) is 19.8 Å². The van der Waals surface area contributed by atoms with Gasteiger partial charge in [0.1, 0.15) is 11.4 Å². The number of carboxylic acids is 1. The minimum Gasteiger partial charge on any atom is -0.481 e. The summed E-state index contributed by atoms with van der Waals surface area (Å²) in [5.74, 6) is -2.46. The highest BCUT2D eigenvalue weighted by Gasteiger charge is 2.30. The summed E-state index contributed by atoms with van der Waals surface area (Å²) in [6.07, 6.45) is 1.32. The van der Waals surface area contributed by atoms with Crippen LogP contribution in [0.15, 0.2) is 22.6 Å². The van der Waals surface area contributed by atoms with Gasteiger partial charge >= 0.3 is 5.97 Å². The third-order valence-corrected chi connectivity index (χ3v) is 4.74. The van der Waals surface area contributed by atoms with Crippen LogP contribution >= 0.6 is 0 Å². The van der Waals surface area contributed by atoms with Gasteiger partial charge in [-0.2, -0.15) is 0 Å². The summed E-state index contributed by atoms with van der Waals surface area (Å²) >= 11 is 0. The lowest BCUT2D eigenvalue weighted by Crippen LogP contribution is -2.39. The normalized spacial score (nSPS) is 16.7. The predicted molar refractivity (Wildman–Crippen MR) is 87.9 cm³/mol. The second kappa shape index (κ2) is 7.23. The van der Waals surface area contributed by atoms with Crippen LogP contribution in [0.3, 0.4) is 0 Å². The molecule has 0 saturated carbocycles. The molecule has 1 fully saturated rings. The zero-order valence-electron chi connectivity index (χ0n) is 13.9. The predicted octanol–water partition coefficient (Wildman–Crippen LogP) is 2.74. The number of halogens is 1. The van der Waals surface area contributed by atoms with Gasteiger partial charge in [-0.05, 0) is 43.9 Å². The zero-order chi connectivity index (χ0) is 18.0. The molecule has 1 saturated heterocycles. The van der Waals surface area contributed by atoms with E-state index >= 15 is 0 Å². The Hall–Kier alpha value is -2.41. The van der Waals surface area contributed by atoms with Crippen molar-refractivity contribution in [3.63, 3.8) is 0 Å². The minimum absolute atomic E-state index is 0.0175. The molecule has 25 heavy (non-hydrogen) atoms. The van der Waals surface area contributed by atoms with Crippen LogP contribution in [-0.4, -0.2) is 36.7 Å². The van der Waals surface area contributed by atoms with Crippen LogP contribution in [0.5, 0.6) is 0 Å². The van der Waals surface area contributed by atoms with E-state index in [1.807, 2.05) is 0 Å². The Labute approximate surface area is 143 Å². The molecule has 6 nitrogen and oxygen atoms in total. The van der Waals surface area contributed by atoms with Gasteiger partial charge in [0.05, 0.1) is 5.92 Å². The molecule has 0 bridgehead atoms. The zero-order valence-corrected chi connectivity index (χ0v) is 13.9. The first-order chi connectivity index (χ1) is 12.0. The third kappa shape index (κ3) is 3.66. The lowest BCUT2D eigenvalue weighted by atomic mass is 9.86. The van der Waals surface area contributed by atoms with Crippen molar-refractivity contribution >= 4 is 22.8 Å². The topological polar surface area (TPSA) is 88.8 Å². The molecule has 3 rings (SSSR count). The third-order valence-electron chi connectivity index (χ3n) is 4.74. The molecule has 2 N–H and O–H groups in total. The van der Waals surface area contributed by atoms with E-state index in [0.29, 0.717) is 42.6 Å². The van der Waals surface area contributed by atoms with Crippen molar-refractivity contribution in [3.8, 4) is 0 Å². The monoisotopic (exact) mass is 349 g/mol. The number of amides is 1. The molecule has 1 aromatic carbocycles. The molecule has 2 heterocycles. The van der Waals surface area contributed by atoms with Crippen LogP contribution in [0.25, 0.3) is 11.0 Å². The summed E-state index contributed by atoms with van der Waals surface area (Å²) in [6.45, 7) is 2.77. The Bertz CT molecular complexity index is 794. The molecular weight excluding hydrogens is 329 g/mol. The Morgan fingerprint density at radius 1 is 1.36 bits per heavy atom. The number of hydrogen-bond acceptors (Lipinski definition) is 4. The number of benzene rings is 1. The van der Waals surface area contributed by atoms with Gasteiger partial charge < -0.3 is 19.6 Å². The first-order valence-electron chi connectivity index (χ1n) is 8.24. The van der Waals surface area contributed by atoms with Crippen molar-refractivity contribution in [1.29, 1.82) is 0 Å². The Morgan fingerprint density at radius 2 is 2.08 bits per heavy atom. The maximum Gasteiger partial charge on any atom is 0.308 e. The van der Waals surface area contributed by atoms with Gasteiger partial charge in [-0.15, -0.1) is 0 Å². The average molecular weight is 349 g/mol. The average Bonchev–Trinajstić information content (AvgIpc) is 2.92. The molecular formula is C18H20FNO5. The largest absolute Gasteiger partial charge is 0.481 e. The summed E-state index contributed by atoms with van der Waals surface area (Å²) in [7, 11) is 0. The van der Waals surface area contributed by atoms with Gasteiger partial charge in [0.15, 0.2) is 5.76 Å². The Morgan fingerprint density at radius 3 is 2.76 bits per heavy atom. The fourth-order valence-corrected chi connectivity index (χ4v) is 3.27. The number of rotatable bonds is 5. The van der Waals surface area contributed by atoms with E-state index in [0.717, 1.165) is 0 Å². The van der Waals surface area contributed by atoms with Crippen LogP contribution in [0.2, 0.25) is 0 Å². The number of fused-ring (bicyclic) bond motifs is 1. The van der Waals surface area contributed by atoms with Crippen molar-refractivity contribution in [2.24, 2.45) is 11.8 Å². The number of nitrogens with one attached hydrogen (secondary N) is 1. The molecule has 0 spiro atoms. The quantitative estimate of drug-likeness (QED) is 0.866. The van der Waals surface area contributed by atoms with Gasteiger partial charge in [-0.1, -0.05) is 0 Å². The lowest BCUT2D eigenvalue weighted by molar-refractivity contribution is -0.144. The SMILES string of the molecule is Cc1c(C(=O)NCC(C(=O)O)C2CCOCC2)oc2ccc(F)cc12. The van der Waals surface area contributed by atoms with Crippen LogP contribution in [-0.2, 0) is 9.53 Å². The molecule has 0 aliphatic carbocycles. The summed E-state index contributed by atoms with van der Waals surface area (Å²) in [4.78, 5) is 23.9. The van der Waals surface area contributed by atoms with E-state index in [1.54, 1.807) is 6.92 Å². The lowest BCUT2D eigenvalue weighted by Gasteiger charge is -2.27. The van der Waals surface area contributed by atoms with Gasteiger partial charge in [0.2, 0.25) is 0 Å². The molecule has 7 heteroatoms. The molecule has 1 aromatic heterocycles. The maximum absolute atomic E-state index is 13.4. The molecule has 1 amide bonds. The van der Waals surface area contributed by atoms with E-state index in [4.69, 9.17) is 9.15 Å². The highest BCUT2D eigenvalue weighted by atomic mass is 19.1. The van der Waals surface area contributed by atoms with E-state index < -0.39 is 23.6 Å². The fraction of sp³-hybridized carbons (Fsp3) is 0.444. The van der Waals surface area contributed by atoms with Gasteiger partial charge in [0, 0.05) is 30.7 Å². The number of ether oxygens (including phenoxy) is 1. The molecule has 1 aliphatic rings. The number of carboxylic acid groups (broad SMARTS) is 1. The smallest absolute Gasteiger partial charge is 0.308 e. The second-order valence-corrected chi connectivity index (χ2v) is 6.30. The van der Waals surface area contributed by atoms with Crippen molar-refractivity contribution in [3.05, 3.63) is 35.3 Å². The van der Waals surface area contributed by atoms with E-state index in [-0.39, 0.29) is 18.2 Å². The van der Waals surface area contributed by atoms with Gasteiger partial charge in [0.25, 0.3) is 5.91 Å². The van der Waals surface area contributed by atoms with Crippen LogP contribution in [0.1, 0.15) is 29.0 Å². The molecule has 1 atom stereocenters. The Balaban J connectivity index is 1.73. The number of hydrogen-bond donors (Lipinski definition) is 2. The summed E-state index contributed by atoms with van der Waals surface area (Å²) < 4.78 is 24.1. The highest BCUT2D eigenvalue weighted by Crippen LogP contribution is 2.27. The van der Waals surface area contributed by atoms with Crippen LogP contribution < -0.4 is 5.32 Å². The summed E-state index contributed by atoms with van der Waals surface area (Å²) in [5, 5.41) is 12.6. The van der Waals surface area contributed by atoms with Crippen LogP contribution in [0, 0.1) is 24.6 Å². The van der Waals surface area contributed by atoms with Crippen LogP contribution in [0.4, 0.5) is 4.39 Å². The Kier molecular flexibility index (Phi) is 5.03. The number of aryl methyl sites for hydroxylation is 1. The highest BCUT2D eigenvalue weighted by molar-refractivity contribution is 5.99. The van der Waals surface area contributed by atoms with Crippen molar-refractivity contribution < 1.29 is 28.2 Å². The molecule has 0 radical (unpaired) electrons. The van der Waals surface area contributed by atoms with E-state index in [9.17, 15) is 19.1 Å². The van der Waals surface area contributed by atoms with Crippen molar-refractivity contribution in [2.45, 2.75) is 19.8 Å². The minimum atomic E-state index is -0.935. The number of aliphatic carboxylic acids is 1. The standard InChI is InChI=1S/C18H20FNO5/c1-10-13-8-12(19)2-3-15(13)25-16(10)17(21)20-9-14(18(22)23)11-4-6-24-7-5-11/h2-3,8,11,14H,4-7,9H2,1H3,(H,20,21)(H,22,23). The first-order valence-corrected chi connectivity index (χ1v) is 8.24. The van der Waals surface area contributed by atoms with E-state index in [2.05, 4.69) is 5.32 Å². The number of furan rings is 1. The molecule has 134 valence electrons. The first kappa shape index (κ1) is 17.4. The molecule has 2 aromatic rings.